The lowest BCUT2D eigenvalue weighted by Gasteiger charge is -2.14. The molecule has 0 saturated heterocycles. The Bertz CT molecular complexity index is 674. The van der Waals surface area contributed by atoms with Crippen molar-refractivity contribution in [2.24, 2.45) is 5.73 Å². The molecule has 1 amide bonds. The number of hydrogen-bond donors (Lipinski definition) is 2. The van der Waals surface area contributed by atoms with Crippen molar-refractivity contribution in [3.8, 4) is 0 Å². The molecule has 1 heterocycles. The number of amides is 1. The van der Waals surface area contributed by atoms with Gasteiger partial charge in [-0.05, 0) is 30.3 Å². The standard InChI is InChI=1S/C13H9F4N3O.ClH/c14-7-1-3-10(9(5-7)13(15,16)17)20-8-2-4-11(12(18)21)19-6-8;/h1-6,20H,(H2,18,21);1H. The third-order valence-corrected chi connectivity index (χ3v) is 2.58. The van der Waals surface area contributed by atoms with E-state index in [0.29, 0.717) is 6.07 Å². The number of pyridine rings is 1. The minimum atomic E-state index is -4.70. The molecule has 2 rings (SSSR count). The molecule has 0 bridgehead atoms. The van der Waals surface area contributed by atoms with Crippen LogP contribution in [0.1, 0.15) is 16.1 Å². The van der Waals surface area contributed by atoms with Crippen LogP contribution in [0.15, 0.2) is 36.5 Å². The van der Waals surface area contributed by atoms with Crippen LogP contribution < -0.4 is 11.1 Å². The third kappa shape index (κ3) is 4.08. The number of rotatable bonds is 3. The molecule has 2 aromatic rings. The zero-order valence-electron chi connectivity index (χ0n) is 10.8. The monoisotopic (exact) mass is 335 g/mol. The molecule has 3 N–H and O–H groups in total. The van der Waals surface area contributed by atoms with Gasteiger partial charge in [-0.15, -0.1) is 12.4 Å². The normalized spacial score (nSPS) is 10.7. The van der Waals surface area contributed by atoms with Gasteiger partial charge < -0.3 is 11.1 Å². The van der Waals surface area contributed by atoms with Crippen LogP contribution in [-0.2, 0) is 6.18 Å². The van der Waals surface area contributed by atoms with E-state index in [1.165, 1.54) is 12.1 Å². The van der Waals surface area contributed by atoms with Gasteiger partial charge in [0.25, 0.3) is 5.91 Å². The Hall–Kier alpha value is -2.35. The second kappa shape index (κ2) is 6.61. The molecule has 0 saturated carbocycles. The summed E-state index contributed by atoms with van der Waals surface area (Å²) < 4.78 is 51.4. The summed E-state index contributed by atoms with van der Waals surface area (Å²) >= 11 is 0. The molecule has 0 spiro atoms. The highest BCUT2D eigenvalue weighted by molar-refractivity contribution is 5.91. The minimum Gasteiger partial charge on any atom is -0.364 e. The fourth-order valence-corrected chi connectivity index (χ4v) is 1.63. The molecule has 9 heteroatoms. The third-order valence-electron chi connectivity index (χ3n) is 2.58. The van der Waals surface area contributed by atoms with Crippen molar-refractivity contribution in [1.29, 1.82) is 0 Å². The number of alkyl halides is 3. The van der Waals surface area contributed by atoms with Crippen molar-refractivity contribution < 1.29 is 22.4 Å². The molecular formula is C13H10ClF4N3O. The van der Waals surface area contributed by atoms with Gasteiger partial charge in [-0.3, -0.25) is 4.79 Å². The fraction of sp³-hybridized carbons (Fsp3) is 0.0769. The van der Waals surface area contributed by atoms with E-state index < -0.39 is 23.5 Å². The lowest BCUT2D eigenvalue weighted by molar-refractivity contribution is -0.137. The van der Waals surface area contributed by atoms with Crippen molar-refractivity contribution in [2.75, 3.05) is 5.32 Å². The van der Waals surface area contributed by atoms with Gasteiger partial charge in [0.1, 0.15) is 11.5 Å². The average molecular weight is 336 g/mol. The number of halogens is 5. The number of aromatic nitrogens is 1. The Labute approximate surface area is 128 Å². The van der Waals surface area contributed by atoms with E-state index in [-0.39, 0.29) is 29.5 Å². The van der Waals surface area contributed by atoms with E-state index in [1.54, 1.807) is 0 Å². The topological polar surface area (TPSA) is 68.0 Å². The van der Waals surface area contributed by atoms with Crippen LogP contribution in [0.2, 0.25) is 0 Å². The van der Waals surface area contributed by atoms with Crippen molar-refractivity contribution in [3.05, 3.63) is 53.6 Å². The summed E-state index contributed by atoms with van der Waals surface area (Å²) in [5.74, 6) is -1.74. The van der Waals surface area contributed by atoms with Crippen molar-refractivity contribution >= 4 is 29.7 Å². The average Bonchev–Trinajstić information content (AvgIpc) is 2.40. The molecule has 0 atom stereocenters. The Morgan fingerprint density at radius 3 is 2.36 bits per heavy atom. The molecule has 0 aliphatic rings. The maximum atomic E-state index is 13.0. The van der Waals surface area contributed by atoms with Gasteiger partial charge in [0.05, 0.1) is 23.1 Å². The first kappa shape index (κ1) is 17.7. The smallest absolute Gasteiger partial charge is 0.364 e. The summed E-state index contributed by atoms with van der Waals surface area (Å²) in [7, 11) is 0. The number of nitrogens with zero attached hydrogens (tertiary/aromatic N) is 1. The first-order chi connectivity index (χ1) is 9.77. The van der Waals surface area contributed by atoms with Gasteiger partial charge >= 0.3 is 6.18 Å². The summed E-state index contributed by atoms with van der Waals surface area (Å²) in [6.07, 6.45) is -3.55. The molecular weight excluding hydrogens is 326 g/mol. The maximum absolute atomic E-state index is 13.0. The molecule has 118 valence electrons. The fourth-order valence-electron chi connectivity index (χ4n) is 1.63. The Balaban J connectivity index is 0.00000242. The Kier molecular flexibility index (Phi) is 5.32. The van der Waals surface area contributed by atoms with Crippen molar-refractivity contribution in [3.63, 3.8) is 0 Å². The van der Waals surface area contributed by atoms with Gasteiger partial charge in [-0.1, -0.05) is 0 Å². The molecule has 4 nitrogen and oxygen atoms in total. The number of nitrogens with one attached hydrogen (secondary N) is 1. The quantitative estimate of drug-likeness (QED) is 0.843. The van der Waals surface area contributed by atoms with Gasteiger partial charge in [-0.25, -0.2) is 9.37 Å². The van der Waals surface area contributed by atoms with Crippen LogP contribution in [0.5, 0.6) is 0 Å². The molecule has 0 unspecified atom stereocenters. The number of primary amides is 1. The van der Waals surface area contributed by atoms with E-state index in [2.05, 4.69) is 10.3 Å². The zero-order valence-corrected chi connectivity index (χ0v) is 11.6. The number of benzene rings is 1. The highest BCUT2D eigenvalue weighted by Crippen LogP contribution is 2.36. The van der Waals surface area contributed by atoms with E-state index in [9.17, 15) is 22.4 Å². The van der Waals surface area contributed by atoms with Gasteiger partial charge in [0.15, 0.2) is 0 Å². The summed E-state index contributed by atoms with van der Waals surface area (Å²) in [6, 6.07) is 4.88. The van der Waals surface area contributed by atoms with E-state index in [0.717, 1.165) is 18.3 Å². The second-order valence-electron chi connectivity index (χ2n) is 4.11. The van der Waals surface area contributed by atoms with E-state index in [4.69, 9.17) is 5.73 Å². The van der Waals surface area contributed by atoms with E-state index in [1.807, 2.05) is 0 Å². The van der Waals surface area contributed by atoms with Crippen LogP contribution >= 0.6 is 12.4 Å². The maximum Gasteiger partial charge on any atom is 0.418 e. The number of anilines is 2. The van der Waals surface area contributed by atoms with E-state index >= 15 is 0 Å². The predicted octanol–water partition coefficient (Wildman–Crippen LogP) is 3.50. The summed E-state index contributed by atoms with van der Waals surface area (Å²) in [6.45, 7) is 0. The Morgan fingerprint density at radius 1 is 1.18 bits per heavy atom. The summed E-state index contributed by atoms with van der Waals surface area (Å²) in [4.78, 5) is 14.5. The molecule has 0 aliphatic heterocycles. The van der Waals surface area contributed by atoms with Gasteiger partial charge in [0.2, 0.25) is 0 Å². The van der Waals surface area contributed by atoms with Crippen LogP contribution in [0.25, 0.3) is 0 Å². The highest BCUT2D eigenvalue weighted by atomic mass is 35.5. The van der Waals surface area contributed by atoms with Gasteiger partial charge in [0, 0.05) is 0 Å². The van der Waals surface area contributed by atoms with Crippen molar-refractivity contribution in [2.45, 2.75) is 6.18 Å². The SMILES string of the molecule is Cl.NC(=O)c1ccc(Nc2ccc(F)cc2C(F)(F)F)cn1. The van der Waals surface area contributed by atoms with Crippen molar-refractivity contribution in [1.82, 2.24) is 4.98 Å². The van der Waals surface area contributed by atoms with Crippen LogP contribution in [0, 0.1) is 5.82 Å². The Morgan fingerprint density at radius 2 is 1.86 bits per heavy atom. The summed E-state index contributed by atoms with van der Waals surface area (Å²) in [5.41, 5.74) is 3.73. The largest absolute Gasteiger partial charge is 0.418 e. The van der Waals surface area contributed by atoms with Crippen LogP contribution in [-0.4, -0.2) is 10.9 Å². The minimum absolute atomic E-state index is 0. The number of hydrogen-bond acceptors (Lipinski definition) is 3. The molecule has 1 aromatic heterocycles. The molecule has 1 aromatic carbocycles. The lowest BCUT2D eigenvalue weighted by atomic mass is 10.1. The predicted molar refractivity (Wildman–Crippen MR) is 74.7 cm³/mol. The van der Waals surface area contributed by atoms with Crippen LogP contribution in [0.4, 0.5) is 28.9 Å². The number of carbonyl (C=O) groups is 1. The summed E-state index contributed by atoms with van der Waals surface area (Å²) in [5, 5.41) is 2.47. The zero-order chi connectivity index (χ0) is 15.6. The highest BCUT2D eigenvalue weighted by Gasteiger charge is 2.34. The molecule has 0 radical (unpaired) electrons. The number of nitrogens with two attached hydrogens (primary N) is 1. The van der Waals surface area contributed by atoms with Gasteiger partial charge in [-0.2, -0.15) is 13.2 Å². The molecule has 22 heavy (non-hydrogen) atoms. The van der Waals surface area contributed by atoms with Crippen LogP contribution in [0.3, 0.4) is 0 Å². The first-order valence-electron chi connectivity index (χ1n) is 5.67. The first-order valence-corrected chi connectivity index (χ1v) is 5.67. The number of carbonyl (C=O) groups excluding carboxylic acids is 1. The molecule has 0 aliphatic carbocycles. The molecule has 0 fully saturated rings. The lowest BCUT2D eigenvalue weighted by Crippen LogP contribution is -2.13. The second-order valence-corrected chi connectivity index (χ2v) is 4.11.